The number of aliphatic imine (C=N–C) groups is 2. The Kier molecular flexibility index (Phi) is 6.83. The van der Waals surface area contributed by atoms with Crippen molar-refractivity contribution in [3.63, 3.8) is 0 Å². The molecule has 0 spiro atoms. The van der Waals surface area contributed by atoms with Crippen molar-refractivity contribution in [2.75, 3.05) is 18.4 Å². The summed E-state index contributed by atoms with van der Waals surface area (Å²) in [4.78, 5) is 8.00. The lowest BCUT2D eigenvalue weighted by Gasteiger charge is -2.05. The number of nitrogens with two attached hydrogens (primary N) is 1. The first-order valence-corrected chi connectivity index (χ1v) is 7.80. The number of aromatic nitrogens is 2. The molecule has 0 atom stereocenters. The minimum atomic E-state index is -0.446. The van der Waals surface area contributed by atoms with Gasteiger partial charge < -0.3 is 11.1 Å². The van der Waals surface area contributed by atoms with E-state index in [0.29, 0.717) is 5.69 Å². The van der Waals surface area contributed by atoms with E-state index in [2.05, 4.69) is 51.5 Å². The fraction of sp³-hybridized carbons (Fsp3) is 0.154. The molecule has 1 heterocycles. The van der Waals surface area contributed by atoms with Crippen molar-refractivity contribution in [2.45, 2.75) is 0 Å². The highest BCUT2D eigenvalue weighted by molar-refractivity contribution is 9.10. The summed E-state index contributed by atoms with van der Waals surface area (Å²) in [7, 11) is 0. The molecule has 1 aromatic carbocycles. The fourth-order valence-electron chi connectivity index (χ4n) is 1.72. The monoisotopic (exact) mass is 425 g/mol. The van der Waals surface area contributed by atoms with Gasteiger partial charge in [-0.05, 0) is 44.4 Å². The summed E-state index contributed by atoms with van der Waals surface area (Å²) in [5.74, 6) is -0.345. The van der Waals surface area contributed by atoms with Crippen LogP contribution in [0, 0.1) is 17.3 Å². The molecule has 26 heavy (non-hydrogen) atoms. The largest absolute Gasteiger partial charge is 0.369 e. The van der Waals surface area contributed by atoms with Gasteiger partial charge in [-0.2, -0.15) is 5.26 Å². The molecule has 2 rings (SSSR count). The first-order valence-electron chi connectivity index (χ1n) is 7.00. The van der Waals surface area contributed by atoms with Crippen LogP contribution in [-0.4, -0.2) is 40.4 Å². The van der Waals surface area contributed by atoms with Crippen LogP contribution in [0.1, 0.15) is 5.69 Å². The smallest absolute Gasteiger partial charge is 0.202 e. The third-order valence-electron chi connectivity index (χ3n) is 2.83. The number of rotatable bonds is 6. The van der Waals surface area contributed by atoms with Gasteiger partial charge in [0.25, 0.3) is 0 Å². The number of nitrogens with one attached hydrogen (secondary N) is 3. The highest BCUT2D eigenvalue weighted by Crippen LogP contribution is 2.23. The van der Waals surface area contributed by atoms with E-state index in [1.807, 2.05) is 5.48 Å². The number of halogens is 2. The SMILES string of the molecule is N#CNC(N)=NCCNc1nonc1C(=Nc1ccc(F)c(Br)c1)NO. The van der Waals surface area contributed by atoms with E-state index in [1.54, 1.807) is 6.19 Å². The number of hydrogen-bond acceptors (Lipinski definition) is 8. The van der Waals surface area contributed by atoms with Crippen LogP contribution in [0.25, 0.3) is 0 Å². The molecule has 0 aliphatic heterocycles. The number of amidine groups is 1. The number of benzene rings is 1. The van der Waals surface area contributed by atoms with E-state index in [1.165, 1.54) is 18.2 Å². The van der Waals surface area contributed by atoms with E-state index in [0.717, 1.165) is 0 Å². The number of hydroxylamine groups is 1. The normalized spacial score (nSPS) is 11.8. The number of nitriles is 1. The van der Waals surface area contributed by atoms with Gasteiger partial charge >= 0.3 is 0 Å². The van der Waals surface area contributed by atoms with E-state index in [-0.39, 0.29) is 40.9 Å². The summed E-state index contributed by atoms with van der Waals surface area (Å²) in [6.07, 6.45) is 1.64. The second kappa shape index (κ2) is 9.30. The van der Waals surface area contributed by atoms with Gasteiger partial charge in [0.15, 0.2) is 17.7 Å². The van der Waals surface area contributed by atoms with Crippen LogP contribution in [0.2, 0.25) is 0 Å². The van der Waals surface area contributed by atoms with Gasteiger partial charge in [-0.3, -0.25) is 21.0 Å². The number of guanidine groups is 1. The Morgan fingerprint density at radius 2 is 2.27 bits per heavy atom. The van der Waals surface area contributed by atoms with Crippen LogP contribution in [0.5, 0.6) is 0 Å². The molecule has 0 bridgehead atoms. The minimum Gasteiger partial charge on any atom is -0.369 e. The summed E-state index contributed by atoms with van der Waals surface area (Å²) in [6, 6.07) is 4.06. The lowest BCUT2D eigenvalue weighted by atomic mass is 10.3. The number of hydrogen-bond donors (Lipinski definition) is 5. The molecule has 0 radical (unpaired) electrons. The highest BCUT2D eigenvalue weighted by atomic mass is 79.9. The molecule has 11 nitrogen and oxygen atoms in total. The topological polar surface area (TPSA) is 170 Å². The van der Waals surface area contributed by atoms with Crippen LogP contribution in [-0.2, 0) is 0 Å². The third-order valence-corrected chi connectivity index (χ3v) is 3.44. The van der Waals surface area contributed by atoms with Gasteiger partial charge in [-0.1, -0.05) is 0 Å². The first kappa shape index (κ1) is 19.1. The van der Waals surface area contributed by atoms with E-state index >= 15 is 0 Å². The molecule has 1 aromatic heterocycles. The Morgan fingerprint density at radius 3 is 2.96 bits per heavy atom. The van der Waals surface area contributed by atoms with E-state index < -0.39 is 5.82 Å². The molecule has 0 amide bonds. The molecule has 0 saturated carbocycles. The Morgan fingerprint density at radius 1 is 1.46 bits per heavy atom. The summed E-state index contributed by atoms with van der Waals surface area (Å²) < 4.78 is 18.1. The fourth-order valence-corrected chi connectivity index (χ4v) is 2.09. The molecule has 0 aliphatic carbocycles. The molecule has 0 aliphatic rings. The van der Waals surface area contributed by atoms with Crippen molar-refractivity contribution < 1.29 is 14.2 Å². The third kappa shape index (κ3) is 5.13. The minimum absolute atomic E-state index is 0.0195. The summed E-state index contributed by atoms with van der Waals surface area (Å²) in [5.41, 5.74) is 7.75. The quantitative estimate of drug-likeness (QED) is 0.112. The van der Waals surface area contributed by atoms with Crippen LogP contribution in [0.4, 0.5) is 15.9 Å². The van der Waals surface area contributed by atoms with Crippen molar-refractivity contribution in [1.82, 2.24) is 21.1 Å². The van der Waals surface area contributed by atoms with Gasteiger partial charge in [0, 0.05) is 6.54 Å². The predicted molar refractivity (Wildman–Crippen MR) is 93.2 cm³/mol. The second-order valence-corrected chi connectivity index (χ2v) is 5.42. The Balaban J connectivity index is 2.11. The molecule has 0 saturated heterocycles. The maximum atomic E-state index is 13.3. The summed E-state index contributed by atoms with van der Waals surface area (Å²) >= 11 is 3.05. The van der Waals surface area contributed by atoms with Gasteiger partial charge in [-0.25, -0.2) is 14.0 Å². The Hall–Kier alpha value is -3.24. The van der Waals surface area contributed by atoms with E-state index in [4.69, 9.17) is 11.0 Å². The average molecular weight is 426 g/mol. The zero-order valence-electron chi connectivity index (χ0n) is 13.1. The van der Waals surface area contributed by atoms with Crippen LogP contribution >= 0.6 is 15.9 Å². The summed E-state index contributed by atoms with van der Waals surface area (Å²) in [6.45, 7) is 0.520. The first-order chi connectivity index (χ1) is 12.5. The van der Waals surface area contributed by atoms with Gasteiger partial charge in [0.2, 0.25) is 11.8 Å². The van der Waals surface area contributed by atoms with Gasteiger partial charge in [0.05, 0.1) is 16.7 Å². The Bertz CT molecular complexity index is 862. The highest BCUT2D eigenvalue weighted by Gasteiger charge is 2.16. The lowest BCUT2D eigenvalue weighted by molar-refractivity contribution is 0.234. The van der Waals surface area contributed by atoms with Crippen molar-refractivity contribution in [3.8, 4) is 6.19 Å². The molecular weight excluding hydrogens is 413 g/mol. The van der Waals surface area contributed by atoms with Gasteiger partial charge in [0.1, 0.15) is 5.82 Å². The predicted octanol–water partition coefficient (Wildman–Crippen LogP) is 0.826. The lowest BCUT2D eigenvalue weighted by Crippen LogP contribution is -2.28. The molecule has 0 unspecified atom stereocenters. The Labute approximate surface area is 154 Å². The van der Waals surface area contributed by atoms with Gasteiger partial charge in [-0.15, -0.1) is 0 Å². The molecule has 6 N–H and O–H groups in total. The molecule has 136 valence electrons. The van der Waals surface area contributed by atoms with E-state index in [9.17, 15) is 9.60 Å². The maximum absolute atomic E-state index is 13.3. The average Bonchev–Trinajstić information content (AvgIpc) is 3.08. The molecule has 0 fully saturated rings. The number of nitrogens with zero attached hydrogens (tertiary/aromatic N) is 5. The standard InChI is InChI=1S/C13H13BrFN9O2/c14-8-5-7(1-2-9(8)15)21-12(22-25)10-11(24-26-23-10)18-3-4-19-13(17)20-6-16/h1-2,5,25H,3-4H2,(H,18,24)(H,21,22)(H3,17,19,20). The van der Waals surface area contributed by atoms with Crippen molar-refractivity contribution in [3.05, 3.63) is 34.2 Å². The molecule has 13 heteroatoms. The van der Waals surface area contributed by atoms with Crippen molar-refractivity contribution in [2.24, 2.45) is 15.7 Å². The summed E-state index contributed by atoms with van der Waals surface area (Å²) in [5, 5.41) is 30.1. The van der Waals surface area contributed by atoms with Crippen molar-refractivity contribution in [1.29, 1.82) is 5.26 Å². The van der Waals surface area contributed by atoms with Crippen LogP contribution in [0.15, 0.2) is 37.3 Å². The van der Waals surface area contributed by atoms with Crippen molar-refractivity contribution >= 4 is 39.2 Å². The van der Waals surface area contributed by atoms with Crippen LogP contribution < -0.4 is 21.8 Å². The molecular formula is C13H13BrFN9O2. The van der Waals surface area contributed by atoms with Crippen LogP contribution in [0.3, 0.4) is 0 Å². The maximum Gasteiger partial charge on any atom is 0.202 e. The zero-order valence-corrected chi connectivity index (χ0v) is 14.7. The molecule has 2 aromatic rings. The zero-order chi connectivity index (χ0) is 18.9. The second-order valence-electron chi connectivity index (χ2n) is 4.56. The number of anilines is 1.